The van der Waals surface area contributed by atoms with Crippen LogP contribution in [0.5, 0.6) is 5.75 Å². The Morgan fingerprint density at radius 1 is 1.64 bits per heavy atom. The summed E-state index contributed by atoms with van der Waals surface area (Å²) in [5, 5.41) is 9.08. The lowest BCUT2D eigenvalue weighted by atomic mass is 10.2. The Morgan fingerprint density at radius 3 is 2.86 bits per heavy atom. The number of nitrogen functional groups attached to an aromatic ring is 1. The SMILES string of the molecule is CCOC(=O)c1cc(O)cc(N)c1F. The van der Waals surface area contributed by atoms with Crippen LogP contribution in [0.15, 0.2) is 12.1 Å². The number of ether oxygens (including phenoxy) is 1. The molecule has 0 bridgehead atoms. The van der Waals surface area contributed by atoms with E-state index >= 15 is 0 Å². The normalized spacial score (nSPS) is 9.86. The van der Waals surface area contributed by atoms with Crippen molar-refractivity contribution < 1.29 is 19.0 Å². The molecule has 76 valence electrons. The summed E-state index contributed by atoms with van der Waals surface area (Å²) in [6.45, 7) is 1.73. The number of hydrogen-bond donors (Lipinski definition) is 2. The molecular formula is C9H10FNO3. The highest BCUT2D eigenvalue weighted by Gasteiger charge is 2.16. The molecule has 0 aliphatic carbocycles. The van der Waals surface area contributed by atoms with Gasteiger partial charge in [-0.1, -0.05) is 0 Å². The summed E-state index contributed by atoms with van der Waals surface area (Å²) in [6.07, 6.45) is 0. The molecule has 5 heteroatoms. The van der Waals surface area contributed by atoms with Gasteiger partial charge in [0.25, 0.3) is 0 Å². The van der Waals surface area contributed by atoms with Gasteiger partial charge in [-0.3, -0.25) is 0 Å². The van der Waals surface area contributed by atoms with Crippen molar-refractivity contribution in [2.45, 2.75) is 6.92 Å². The molecule has 0 aliphatic rings. The van der Waals surface area contributed by atoms with E-state index in [2.05, 4.69) is 4.74 Å². The Bertz CT molecular complexity index is 365. The average Bonchev–Trinajstić information content (AvgIpc) is 2.11. The standard InChI is InChI=1S/C9H10FNO3/c1-2-14-9(13)6-3-5(12)4-7(11)8(6)10/h3-4,12H,2,11H2,1H3. The zero-order chi connectivity index (χ0) is 10.7. The van der Waals surface area contributed by atoms with Crippen LogP contribution >= 0.6 is 0 Å². The van der Waals surface area contributed by atoms with Gasteiger partial charge in [-0.05, 0) is 13.0 Å². The molecule has 0 fully saturated rings. The molecule has 1 aromatic carbocycles. The fraction of sp³-hybridized carbons (Fsp3) is 0.222. The summed E-state index contributed by atoms with van der Waals surface area (Å²) >= 11 is 0. The maximum absolute atomic E-state index is 13.2. The zero-order valence-corrected chi connectivity index (χ0v) is 7.58. The van der Waals surface area contributed by atoms with Crippen LogP contribution in [0.4, 0.5) is 10.1 Å². The van der Waals surface area contributed by atoms with E-state index in [1.807, 2.05) is 0 Å². The first-order valence-corrected chi connectivity index (χ1v) is 4.01. The first-order valence-electron chi connectivity index (χ1n) is 4.01. The molecule has 4 nitrogen and oxygen atoms in total. The summed E-state index contributed by atoms with van der Waals surface area (Å²) in [5.74, 6) is -1.99. The second kappa shape index (κ2) is 3.95. The highest BCUT2D eigenvalue weighted by molar-refractivity contribution is 5.91. The van der Waals surface area contributed by atoms with E-state index in [-0.39, 0.29) is 23.6 Å². The molecule has 1 rings (SSSR count). The molecular weight excluding hydrogens is 189 g/mol. The zero-order valence-electron chi connectivity index (χ0n) is 7.58. The highest BCUT2D eigenvalue weighted by Crippen LogP contribution is 2.22. The van der Waals surface area contributed by atoms with Crippen molar-refractivity contribution in [2.24, 2.45) is 0 Å². The number of phenolic OH excluding ortho intramolecular Hbond substituents is 1. The number of nitrogens with two attached hydrogens (primary N) is 1. The molecule has 0 heterocycles. The summed E-state index contributed by atoms with van der Waals surface area (Å²) in [5.41, 5.74) is 4.57. The van der Waals surface area contributed by atoms with E-state index in [9.17, 15) is 9.18 Å². The van der Waals surface area contributed by atoms with Crippen LogP contribution < -0.4 is 5.73 Å². The third kappa shape index (κ3) is 1.93. The fourth-order valence-electron chi connectivity index (χ4n) is 0.988. The van der Waals surface area contributed by atoms with Crippen molar-refractivity contribution in [1.82, 2.24) is 0 Å². The van der Waals surface area contributed by atoms with Gasteiger partial charge < -0.3 is 15.6 Å². The van der Waals surface area contributed by atoms with Gasteiger partial charge in [-0.2, -0.15) is 0 Å². The molecule has 0 atom stereocenters. The van der Waals surface area contributed by atoms with E-state index in [1.54, 1.807) is 6.92 Å². The summed E-state index contributed by atoms with van der Waals surface area (Å²) in [4.78, 5) is 11.1. The number of aromatic hydroxyl groups is 1. The Labute approximate surface area is 80.1 Å². The molecule has 3 N–H and O–H groups in total. The van der Waals surface area contributed by atoms with Crippen molar-refractivity contribution in [3.05, 3.63) is 23.5 Å². The monoisotopic (exact) mass is 199 g/mol. The Hall–Kier alpha value is -1.78. The number of carbonyl (C=O) groups is 1. The Balaban J connectivity index is 3.13. The first kappa shape index (κ1) is 10.3. The third-order valence-corrected chi connectivity index (χ3v) is 1.58. The second-order valence-corrected chi connectivity index (χ2v) is 2.62. The number of anilines is 1. The molecule has 0 aromatic heterocycles. The molecule has 14 heavy (non-hydrogen) atoms. The van der Waals surface area contributed by atoms with Crippen LogP contribution in [0.2, 0.25) is 0 Å². The first-order chi connectivity index (χ1) is 6.56. The highest BCUT2D eigenvalue weighted by atomic mass is 19.1. The van der Waals surface area contributed by atoms with Crippen molar-refractivity contribution in [1.29, 1.82) is 0 Å². The van der Waals surface area contributed by atoms with Crippen LogP contribution in [0.1, 0.15) is 17.3 Å². The lowest BCUT2D eigenvalue weighted by molar-refractivity contribution is 0.0520. The van der Waals surface area contributed by atoms with Gasteiger partial charge in [0.15, 0.2) is 5.82 Å². The van der Waals surface area contributed by atoms with Crippen LogP contribution in [-0.2, 0) is 4.74 Å². The van der Waals surface area contributed by atoms with Crippen molar-refractivity contribution in [3.8, 4) is 5.75 Å². The second-order valence-electron chi connectivity index (χ2n) is 2.62. The van der Waals surface area contributed by atoms with Gasteiger partial charge in [0, 0.05) is 6.07 Å². The smallest absolute Gasteiger partial charge is 0.341 e. The van der Waals surface area contributed by atoms with Crippen molar-refractivity contribution in [2.75, 3.05) is 12.3 Å². The minimum atomic E-state index is -0.874. The summed E-state index contributed by atoms with van der Waals surface area (Å²) in [6, 6.07) is 2.00. The quantitative estimate of drug-likeness (QED) is 0.556. The van der Waals surface area contributed by atoms with Gasteiger partial charge >= 0.3 is 5.97 Å². The number of phenols is 1. The van der Waals surface area contributed by atoms with Gasteiger partial charge in [-0.15, -0.1) is 0 Å². The molecule has 0 amide bonds. The van der Waals surface area contributed by atoms with Crippen LogP contribution in [-0.4, -0.2) is 17.7 Å². The van der Waals surface area contributed by atoms with Gasteiger partial charge in [0.05, 0.1) is 12.3 Å². The number of carbonyl (C=O) groups excluding carboxylic acids is 1. The molecule has 0 aliphatic heterocycles. The molecule has 0 saturated heterocycles. The Morgan fingerprint density at radius 2 is 2.29 bits per heavy atom. The van der Waals surface area contributed by atoms with Crippen molar-refractivity contribution in [3.63, 3.8) is 0 Å². The van der Waals surface area contributed by atoms with E-state index in [4.69, 9.17) is 10.8 Å². The molecule has 1 aromatic rings. The van der Waals surface area contributed by atoms with Crippen LogP contribution in [0.3, 0.4) is 0 Å². The van der Waals surface area contributed by atoms with E-state index in [0.29, 0.717) is 0 Å². The van der Waals surface area contributed by atoms with Gasteiger partial charge in [-0.25, -0.2) is 9.18 Å². The van der Waals surface area contributed by atoms with Gasteiger partial charge in [0.1, 0.15) is 11.3 Å². The Kier molecular flexibility index (Phi) is 2.91. The maximum atomic E-state index is 13.2. The largest absolute Gasteiger partial charge is 0.508 e. The van der Waals surface area contributed by atoms with E-state index in [0.717, 1.165) is 12.1 Å². The van der Waals surface area contributed by atoms with E-state index in [1.165, 1.54) is 0 Å². The number of halogens is 1. The molecule has 0 radical (unpaired) electrons. The lowest BCUT2D eigenvalue weighted by Gasteiger charge is -2.05. The summed E-state index contributed by atoms with van der Waals surface area (Å²) < 4.78 is 17.8. The molecule has 0 saturated carbocycles. The molecule has 0 spiro atoms. The lowest BCUT2D eigenvalue weighted by Crippen LogP contribution is -2.08. The predicted octanol–water partition coefficient (Wildman–Crippen LogP) is 1.29. The van der Waals surface area contributed by atoms with Crippen molar-refractivity contribution >= 4 is 11.7 Å². The summed E-state index contributed by atoms with van der Waals surface area (Å²) in [7, 11) is 0. The van der Waals surface area contributed by atoms with Crippen LogP contribution in [0.25, 0.3) is 0 Å². The topological polar surface area (TPSA) is 72.5 Å². The maximum Gasteiger partial charge on any atom is 0.341 e. The van der Waals surface area contributed by atoms with Gasteiger partial charge in [0.2, 0.25) is 0 Å². The predicted molar refractivity (Wildman–Crippen MR) is 48.4 cm³/mol. The number of rotatable bonds is 2. The third-order valence-electron chi connectivity index (χ3n) is 1.58. The van der Waals surface area contributed by atoms with Crippen LogP contribution in [0, 0.1) is 5.82 Å². The minimum Gasteiger partial charge on any atom is -0.508 e. The number of hydrogen-bond acceptors (Lipinski definition) is 4. The number of benzene rings is 1. The van der Waals surface area contributed by atoms with E-state index < -0.39 is 11.8 Å². The minimum absolute atomic E-state index is 0.133. The number of esters is 1. The average molecular weight is 199 g/mol. The fourth-order valence-corrected chi connectivity index (χ4v) is 0.988. The molecule has 0 unspecified atom stereocenters.